The minimum absolute atomic E-state index is 0.0622. The number of phosphoric ester groups is 2. The predicted molar refractivity (Wildman–Crippen MR) is 110 cm³/mol. The Kier molecular flexibility index (Phi) is 7.89. The third-order valence-electron chi connectivity index (χ3n) is 4.40. The van der Waals surface area contributed by atoms with Gasteiger partial charge in [-0.05, 0) is 0 Å². The summed E-state index contributed by atoms with van der Waals surface area (Å²) in [6.45, 7) is -0.341. The molecule has 0 spiro atoms. The minimum Gasteiger partial charge on any atom is -0.387 e. The first kappa shape index (κ1) is 26.4. The molecule has 0 radical (unpaired) electrons. The van der Waals surface area contributed by atoms with Crippen LogP contribution in [0, 0.1) is 0 Å². The van der Waals surface area contributed by atoms with E-state index < -0.39 is 64.9 Å². The van der Waals surface area contributed by atoms with Gasteiger partial charge in [-0.1, -0.05) is 0 Å². The molecular formula is C14H22N6O12P2. The van der Waals surface area contributed by atoms with Gasteiger partial charge in [0.25, 0.3) is 5.56 Å². The zero-order valence-electron chi connectivity index (χ0n) is 17.4. The summed E-state index contributed by atoms with van der Waals surface area (Å²) in [5.41, 5.74) is 4.68. The van der Waals surface area contributed by atoms with Gasteiger partial charge in [0.05, 0.1) is 19.5 Å². The van der Waals surface area contributed by atoms with Gasteiger partial charge in [-0.3, -0.25) is 28.2 Å². The van der Waals surface area contributed by atoms with E-state index in [1.165, 1.54) is 6.92 Å². The molecule has 0 aromatic carbocycles. The third kappa shape index (κ3) is 6.25. The number of hydrogen-bond acceptors (Lipinski definition) is 13. The van der Waals surface area contributed by atoms with E-state index in [1.54, 1.807) is 0 Å². The van der Waals surface area contributed by atoms with Gasteiger partial charge >= 0.3 is 15.6 Å². The average Bonchev–Trinajstić information content (AvgIpc) is 3.24. The Morgan fingerprint density at radius 3 is 2.65 bits per heavy atom. The number of aromatic amines is 1. The van der Waals surface area contributed by atoms with Gasteiger partial charge < -0.3 is 35.8 Å². The standard InChI is InChI=1S/C14H22N6O12P2/c1-6(21)16-2-3-29-33(25,26)32-34(27,28)30-4-7-9(22)10(23)13(31-7)20-5-17-8-11(20)18-14(15)19-12(8)24/h5,7,9-10,13,22-23H,2-4H2,1H3,(H,16,21)(H,25,26)(H,27,28)(H3,15,18,19,24)/t7-,9-,10-,13-/m1/s1. The molecule has 0 bridgehead atoms. The molecule has 1 amide bonds. The van der Waals surface area contributed by atoms with Crippen LogP contribution in [0.15, 0.2) is 11.1 Å². The second-order valence-electron chi connectivity index (χ2n) is 6.95. The van der Waals surface area contributed by atoms with Crippen LogP contribution in [0.2, 0.25) is 0 Å². The number of carbonyl (C=O) groups excluding carboxylic acids is 1. The molecule has 3 rings (SSSR count). The van der Waals surface area contributed by atoms with Gasteiger partial charge in [-0.2, -0.15) is 9.29 Å². The lowest BCUT2D eigenvalue weighted by atomic mass is 10.1. The lowest BCUT2D eigenvalue weighted by Crippen LogP contribution is -2.33. The molecule has 0 saturated carbocycles. The number of nitrogens with zero attached hydrogens (tertiary/aromatic N) is 3. The van der Waals surface area contributed by atoms with Crippen molar-refractivity contribution in [1.82, 2.24) is 24.8 Å². The Hall–Kier alpha value is -2.24. The van der Waals surface area contributed by atoms with Crippen LogP contribution in [0.4, 0.5) is 5.95 Å². The molecule has 18 nitrogen and oxygen atoms in total. The molecule has 2 aromatic heterocycles. The first-order valence-corrected chi connectivity index (χ1v) is 12.4. The highest BCUT2D eigenvalue weighted by Gasteiger charge is 2.46. The zero-order valence-corrected chi connectivity index (χ0v) is 19.2. The van der Waals surface area contributed by atoms with Crippen molar-refractivity contribution < 1.29 is 52.0 Å². The maximum Gasteiger partial charge on any atom is 0.481 e. The highest BCUT2D eigenvalue weighted by atomic mass is 31.3. The number of H-pyrrole nitrogens is 1. The summed E-state index contributed by atoms with van der Waals surface area (Å²) >= 11 is 0. The van der Waals surface area contributed by atoms with Crippen LogP contribution in [0.3, 0.4) is 0 Å². The molecule has 190 valence electrons. The molecule has 34 heavy (non-hydrogen) atoms. The molecule has 1 aliphatic rings. The van der Waals surface area contributed by atoms with Crippen molar-refractivity contribution in [2.24, 2.45) is 0 Å². The first-order valence-electron chi connectivity index (χ1n) is 9.44. The smallest absolute Gasteiger partial charge is 0.387 e. The van der Waals surface area contributed by atoms with Gasteiger partial charge in [0.1, 0.15) is 18.3 Å². The summed E-state index contributed by atoms with van der Waals surface area (Å²) in [6, 6.07) is 0. The maximum atomic E-state index is 12.0. The SMILES string of the molecule is CC(=O)NCCOP(=O)(O)OP(=O)(O)OC[C@H]1O[C@@H](n2cnc3c(=O)[nH]c(N)nc32)[C@H](O)[C@@H]1O. The highest BCUT2D eigenvalue weighted by Crippen LogP contribution is 2.60. The second-order valence-corrected chi connectivity index (χ2v) is 10.00. The Bertz CT molecular complexity index is 1200. The number of fused-ring (bicyclic) bond motifs is 1. The number of rotatable bonds is 10. The second kappa shape index (κ2) is 10.2. The summed E-state index contributed by atoms with van der Waals surface area (Å²) in [4.78, 5) is 51.9. The summed E-state index contributed by atoms with van der Waals surface area (Å²) in [7, 11) is -10.3. The molecule has 1 fully saturated rings. The number of anilines is 1. The molecule has 20 heteroatoms. The number of amides is 1. The van der Waals surface area contributed by atoms with Crippen molar-refractivity contribution in [3.05, 3.63) is 16.7 Å². The molecular weight excluding hydrogens is 506 g/mol. The topological polar surface area (TPSA) is 271 Å². The number of nitrogen functional groups attached to an aromatic ring is 1. The molecule has 2 aromatic rings. The zero-order chi connectivity index (χ0) is 25.3. The average molecular weight is 528 g/mol. The van der Waals surface area contributed by atoms with E-state index in [9.17, 15) is 38.7 Å². The fourth-order valence-corrected chi connectivity index (χ4v) is 5.04. The van der Waals surface area contributed by atoms with Crippen molar-refractivity contribution in [3.63, 3.8) is 0 Å². The number of aliphatic hydroxyl groups excluding tert-OH is 2. The number of phosphoric acid groups is 2. The number of imidazole rings is 1. The molecule has 6 atom stereocenters. The van der Waals surface area contributed by atoms with Crippen LogP contribution in [-0.2, 0) is 32.0 Å². The van der Waals surface area contributed by atoms with Crippen LogP contribution in [0.25, 0.3) is 11.2 Å². The Labute approximate surface area is 189 Å². The minimum atomic E-state index is -5.20. The van der Waals surface area contributed by atoms with Gasteiger partial charge in [-0.15, -0.1) is 0 Å². The molecule has 0 aliphatic carbocycles. The quantitative estimate of drug-likeness (QED) is 0.126. The summed E-state index contributed by atoms with van der Waals surface area (Å²) in [5, 5.41) is 22.9. The van der Waals surface area contributed by atoms with Crippen LogP contribution >= 0.6 is 15.6 Å². The van der Waals surface area contributed by atoms with Crippen molar-refractivity contribution in [3.8, 4) is 0 Å². The number of nitrogens with one attached hydrogen (secondary N) is 2. The van der Waals surface area contributed by atoms with E-state index in [4.69, 9.17) is 10.5 Å². The number of hydrogen-bond donors (Lipinski definition) is 7. The van der Waals surface area contributed by atoms with E-state index in [0.717, 1.165) is 10.9 Å². The molecule has 2 unspecified atom stereocenters. The lowest BCUT2D eigenvalue weighted by Gasteiger charge is -2.19. The van der Waals surface area contributed by atoms with E-state index in [-0.39, 0.29) is 23.7 Å². The van der Waals surface area contributed by atoms with E-state index in [0.29, 0.717) is 0 Å². The predicted octanol–water partition coefficient (Wildman–Crippen LogP) is -2.29. The first-order chi connectivity index (χ1) is 15.8. The normalized spacial score (nSPS) is 26.3. The summed E-state index contributed by atoms with van der Waals surface area (Å²) in [5.74, 6) is -0.669. The summed E-state index contributed by atoms with van der Waals surface area (Å²) in [6.07, 6.45) is -4.93. The van der Waals surface area contributed by atoms with Crippen molar-refractivity contribution in [1.29, 1.82) is 0 Å². The molecule has 1 aliphatic heterocycles. The fraction of sp³-hybridized carbons (Fsp3) is 0.571. The number of carbonyl (C=O) groups is 1. The van der Waals surface area contributed by atoms with E-state index >= 15 is 0 Å². The van der Waals surface area contributed by atoms with Crippen LogP contribution < -0.4 is 16.6 Å². The molecule has 1 saturated heterocycles. The van der Waals surface area contributed by atoms with E-state index in [1.807, 2.05) is 0 Å². The van der Waals surface area contributed by atoms with Gasteiger partial charge in [0, 0.05) is 13.5 Å². The number of nitrogens with two attached hydrogens (primary N) is 1. The molecule has 8 N–H and O–H groups in total. The van der Waals surface area contributed by atoms with Crippen LogP contribution in [0.1, 0.15) is 13.2 Å². The third-order valence-corrected chi connectivity index (χ3v) is 7.04. The monoisotopic (exact) mass is 528 g/mol. The summed E-state index contributed by atoms with van der Waals surface area (Å²) < 4.78 is 43.6. The lowest BCUT2D eigenvalue weighted by molar-refractivity contribution is -0.119. The number of ether oxygens (including phenoxy) is 1. The van der Waals surface area contributed by atoms with E-state index in [2.05, 4.69) is 33.6 Å². The molecule has 3 heterocycles. The van der Waals surface area contributed by atoms with Crippen molar-refractivity contribution in [2.45, 2.75) is 31.5 Å². The van der Waals surface area contributed by atoms with Crippen molar-refractivity contribution >= 4 is 38.7 Å². The Morgan fingerprint density at radius 2 is 1.97 bits per heavy atom. The fourth-order valence-electron chi connectivity index (χ4n) is 2.96. The van der Waals surface area contributed by atoms with Gasteiger partial charge in [0.15, 0.2) is 17.4 Å². The van der Waals surface area contributed by atoms with Gasteiger partial charge in [0.2, 0.25) is 11.9 Å². The Morgan fingerprint density at radius 1 is 1.29 bits per heavy atom. The van der Waals surface area contributed by atoms with Crippen LogP contribution in [-0.4, -0.2) is 83.5 Å². The number of aliphatic hydroxyl groups is 2. The number of aromatic nitrogens is 4. The largest absolute Gasteiger partial charge is 0.481 e. The highest BCUT2D eigenvalue weighted by molar-refractivity contribution is 7.61. The van der Waals surface area contributed by atoms with Gasteiger partial charge in [-0.25, -0.2) is 14.1 Å². The maximum absolute atomic E-state index is 12.0. The van der Waals surface area contributed by atoms with Crippen molar-refractivity contribution in [2.75, 3.05) is 25.5 Å². The van der Waals surface area contributed by atoms with Crippen LogP contribution in [0.5, 0.6) is 0 Å². The Balaban J connectivity index is 1.62.